The molecule has 25 nitrogen and oxygen atoms in total. The van der Waals surface area contributed by atoms with Gasteiger partial charge in [-0.3, -0.25) is 0 Å². The van der Waals surface area contributed by atoms with Crippen LogP contribution >= 0.6 is 0 Å². The van der Waals surface area contributed by atoms with E-state index >= 15 is 0 Å². The monoisotopic (exact) mass is 1120 g/mol. The topological polar surface area (TPSA) is 248 Å². The molecule has 458 valence electrons. The predicted octanol–water partition coefficient (Wildman–Crippen LogP) is 0.753. The summed E-state index contributed by atoms with van der Waals surface area (Å²) in [5.41, 5.74) is 5.35. The summed E-state index contributed by atoms with van der Waals surface area (Å²) in [6.07, 6.45) is 1.02. The van der Waals surface area contributed by atoms with E-state index < -0.39 is 0 Å². The lowest BCUT2D eigenvalue weighted by Gasteiger charge is -2.09. The third-order valence-corrected chi connectivity index (χ3v) is 9.17. The zero-order chi connectivity index (χ0) is 54.3. The molecule has 0 bridgehead atoms. The zero-order valence-electron chi connectivity index (χ0n) is 46.7. The summed E-state index contributed by atoms with van der Waals surface area (Å²) < 4.78 is 131. The fraction of sp³-hybridized carbons (Fsp3) is 1.00. The van der Waals surface area contributed by atoms with Crippen LogP contribution in [0.25, 0.3) is 0 Å². The van der Waals surface area contributed by atoms with Gasteiger partial charge in [0.15, 0.2) is 0 Å². The molecular formula is C51H105NO24. The van der Waals surface area contributed by atoms with E-state index in [0.717, 1.165) is 13.0 Å². The molecule has 25 heteroatoms. The van der Waals surface area contributed by atoms with E-state index in [1.165, 1.54) is 0 Å². The maximum atomic E-state index is 5.52. The highest BCUT2D eigenvalue weighted by Crippen LogP contribution is 1.91. The maximum Gasteiger partial charge on any atom is 0.0701 e. The van der Waals surface area contributed by atoms with Crippen LogP contribution in [0.15, 0.2) is 0 Å². The van der Waals surface area contributed by atoms with Gasteiger partial charge in [-0.2, -0.15) is 0 Å². The number of hydrogen-bond acceptors (Lipinski definition) is 25. The molecule has 0 aliphatic rings. The average molecular weight is 1120 g/mol. The van der Waals surface area contributed by atoms with Crippen molar-refractivity contribution in [2.75, 3.05) is 324 Å². The molecule has 0 unspecified atom stereocenters. The molecule has 0 atom stereocenters. The molecule has 0 aromatic carbocycles. The molecule has 2 N–H and O–H groups in total. The largest absolute Gasteiger partial charge is 0.379 e. The third-order valence-electron chi connectivity index (χ3n) is 9.17. The second kappa shape index (κ2) is 74.0. The van der Waals surface area contributed by atoms with E-state index in [4.69, 9.17) is 119 Å². The smallest absolute Gasteiger partial charge is 0.0701 e. The highest BCUT2D eigenvalue weighted by molar-refractivity contribution is 4.43. The van der Waals surface area contributed by atoms with E-state index in [1.807, 2.05) is 0 Å². The van der Waals surface area contributed by atoms with Crippen molar-refractivity contribution in [1.82, 2.24) is 0 Å². The summed E-state index contributed by atoms with van der Waals surface area (Å²) >= 11 is 0. The predicted molar refractivity (Wildman–Crippen MR) is 279 cm³/mol. The van der Waals surface area contributed by atoms with Crippen molar-refractivity contribution < 1.29 is 114 Å². The summed E-state index contributed by atoms with van der Waals surface area (Å²) in [5, 5.41) is 0. The Hall–Kier alpha value is -1.00. The summed E-state index contributed by atoms with van der Waals surface area (Å²) in [7, 11) is 0. The quantitative estimate of drug-likeness (QED) is 0.0826. The van der Waals surface area contributed by atoms with Gasteiger partial charge in [0.1, 0.15) is 0 Å². The molecular weight excluding hydrogens is 1010 g/mol. The SMILES string of the molecule is CCCOCCOCCOCCOCCOCCOCCOCCOCCOCCOCCOCCOCCOCCOCCOCCOCCOCCOCCOCCOCCOCCOCCOCCOCCN. The molecule has 0 heterocycles. The van der Waals surface area contributed by atoms with Crippen LogP contribution in [-0.4, -0.2) is 324 Å². The molecule has 0 rings (SSSR count). The van der Waals surface area contributed by atoms with Gasteiger partial charge in [-0.1, -0.05) is 6.92 Å². The van der Waals surface area contributed by atoms with Crippen molar-refractivity contribution >= 4 is 0 Å². The van der Waals surface area contributed by atoms with Crippen LogP contribution < -0.4 is 5.73 Å². The summed E-state index contributed by atoms with van der Waals surface area (Å²) in [6, 6.07) is 0. The van der Waals surface area contributed by atoms with E-state index in [9.17, 15) is 0 Å². The molecule has 0 saturated carbocycles. The van der Waals surface area contributed by atoms with Gasteiger partial charge in [0.05, 0.1) is 311 Å². The van der Waals surface area contributed by atoms with Crippen LogP contribution in [0.5, 0.6) is 0 Å². The van der Waals surface area contributed by atoms with Crippen molar-refractivity contribution in [1.29, 1.82) is 0 Å². The standard InChI is InChI=1S/C51H105NO24/c1-2-4-53-6-8-55-10-12-57-14-16-59-18-20-61-22-24-63-26-28-65-30-32-67-34-36-69-38-40-71-42-44-73-46-48-75-50-51-76-49-47-74-45-43-72-41-39-70-37-35-68-33-31-66-29-27-64-25-23-62-21-19-60-17-15-58-13-11-56-9-7-54-5-3-52/h2-52H2,1H3. The lowest BCUT2D eigenvalue weighted by atomic mass is 10.5. The van der Waals surface area contributed by atoms with Crippen LogP contribution in [0.2, 0.25) is 0 Å². The van der Waals surface area contributed by atoms with E-state index in [-0.39, 0.29) is 0 Å². The Balaban J connectivity index is 3.07. The normalized spacial score (nSPS) is 11.8. The highest BCUT2D eigenvalue weighted by Gasteiger charge is 2.00. The molecule has 76 heavy (non-hydrogen) atoms. The van der Waals surface area contributed by atoms with Crippen LogP contribution in [0, 0.1) is 0 Å². The first-order valence-corrected chi connectivity index (χ1v) is 27.5. The second-order valence-electron chi connectivity index (χ2n) is 15.5. The number of hydrogen-bond donors (Lipinski definition) is 1. The minimum atomic E-state index is 0.488. The number of rotatable bonds is 73. The summed E-state index contributed by atoms with van der Waals surface area (Å²) in [5.74, 6) is 0. The Kier molecular flexibility index (Phi) is 73.0. The first-order valence-electron chi connectivity index (χ1n) is 27.5. The van der Waals surface area contributed by atoms with Crippen LogP contribution in [0.3, 0.4) is 0 Å². The van der Waals surface area contributed by atoms with Gasteiger partial charge in [-0.05, 0) is 6.42 Å². The summed E-state index contributed by atoms with van der Waals surface area (Å²) in [6.45, 7) is 27.2. The Morgan fingerprint density at radius 3 is 0.289 bits per heavy atom. The molecule has 0 saturated heterocycles. The summed E-state index contributed by atoms with van der Waals surface area (Å²) in [4.78, 5) is 0. The minimum Gasteiger partial charge on any atom is -0.379 e. The molecule has 0 aliphatic heterocycles. The zero-order valence-corrected chi connectivity index (χ0v) is 46.7. The van der Waals surface area contributed by atoms with Gasteiger partial charge in [0, 0.05) is 13.2 Å². The number of ether oxygens (including phenoxy) is 24. The third kappa shape index (κ3) is 73.0. The van der Waals surface area contributed by atoms with Crippen LogP contribution in [-0.2, 0) is 114 Å². The maximum absolute atomic E-state index is 5.52. The van der Waals surface area contributed by atoms with E-state index in [1.54, 1.807) is 0 Å². The average Bonchev–Trinajstić information content (AvgIpc) is 3.43. The minimum absolute atomic E-state index is 0.488. The Bertz CT molecular complexity index is 921. The van der Waals surface area contributed by atoms with Gasteiger partial charge in [-0.15, -0.1) is 0 Å². The molecule has 0 aliphatic carbocycles. The Labute approximate surface area is 455 Å². The van der Waals surface area contributed by atoms with Crippen LogP contribution in [0.4, 0.5) is 0 Å². The van der Waals surface area contributed by atoms with Gasteiger partial charge in [-0.25, -0.2) is 0 Å². The highest BCUT2D eigenvalue weighted by atomic mass is 16.6. The molecule has 0 aromatic rings. The first kappa shape index (κ1) is 75.0. The van der Waals surface area contributed by atoms with Crippen molar-refractivity contribution in [3.63, 3.8) is 0 Å². The molecule has 0 aromatic heterocycles. The number of nitrogens with two attached hydrogens (primary N) is 1. The van der Waals surface area contributed by atoms with Gasteiger partial charge in [0.2, 0.25) is 0 Å². The van der Waals surface area contributed by atoms with Crippen molar-refractivity contribution in [2.24, 2.45) is 5.73 Å². The van der Waals surface area contributed by atoms with Crippen molar-refractivity contribution in [2.45, 2.75) is 13.3 Å². The lowest BCUT2D eigenvalue weighted by Crippen LogP contribution is -2.16. The molecule has 0 spiro atoms. The molecule has 0 radical (unpaired) electrons. The van der Waals surface area contributed by atoms with Gasteiger partial charge < -0.3 is 119 Å². The Morgan fingerprint density at radius 2 is 0.211 bits per heavy atom. The fourth-order valence-electron chi connectivity index (χ4n) is 5.39. The molecule has 0 amide bonds. The van der Waals surface area contributed by atoms with E-state index in [2.05, 4.69) is 6.92 Å². The van der Waals surface area contributed by atoms with Crippen LogP contribution in [0.1, 0.15) is 13.3 Å². The fourth-order valence-corrected chi connectivity index (χ4v) is 5.39. The van der Waals surface area contributed by atoms with Crippen molar-refractivity contribution in [3.8, 4) is 0 Å². The van der Waals surface area contributed by atoms with Gasteiger partial charge >= 0.3 is 0 Å². The lowest BCUT2D eigenvalue weighted by molar-refractivity contribution is -0.0320. The van der Waals surface area contributed by atoms with Gasteiger partial charge in [0.25, 0.3) is 0 Å². The second-order valence-corrected chi connectivity index (χ2v) is 15.5. The first-order chi connectivity index (χ1) is 37.9. The van der Waals surface area contributed by atoms with E-state index in [0.29, 0.717) is 317 Å². The van der Waals surface area contributed by atoms with Crippen molar-refractivity contribution in [3.05, 3.63) is 0 Å². The molecule has 0 fully saturated rings. The Morgan fingerprint density at radius 1 is 0.132 bits per heavy atom.